The van der Waals surface area contributed by atoms with Gasteiger partial charge in [-0.2, -0.15) is 5.10 Å². The Balaban J connectivity index is 1.91. The molecule has 0 unspecified atom stereocenters. The van der Waals surface area contributed by atoms with Crippen LogP contribution in [0.25, 0.3) is 0 Å². The van der Waals surface area contributed by atoms with Gasteiger partial charge in [-0.05, 0) is 55.8 Å². The van der Waals surface area contributed by atoms with E-state index in [1.807, 2.05) is 38.1 Å². The summed E-state index contributed by atoms with van der Waals surface area (Å²) in [5.41, 5.74) is 5.04. The normalized spacial score (nSPS) is 11.0. The van der Waals surface area contributed by atoms with Gasteiger partial charge >= 0.3 is 0 Å². The van der Waals surface area contributed by atoms with Gasteiger partial charge in [0.15, 0.2) is 0 Å². The first-order valence-corrected chi connectivity index (χ1v) is 7.81. The smallest absolute Gasteiger partial charge is 0.271 e. The lowest BCUT2D eigenvalue weighted by Gasteiger charge is -2.06. The van der Waals surface area contributed by atoms with E-state index in [4.69, 9.17) is 9.47 Å². The molecule has 0 aliphatic heterocycles. The minimum absolute atomic E-state index is 0.243. The molecule has 126 valence electrons. The lowest BCUT2D eigenvalue weighted by Crippen LogP contribution is -2.19. The molecule has 0 atom stereocenters. The maximum Gasteiger partial charge on any atom is 0.271 e. The topological polar surface area (TPSA) is 59.9 Å². The van der Waals surface area contributed by atoms with E-state index in [1.165, 1.54) is 0 Å². The molecule has 0 heterocycles. The van der Waals surface area contributed by atoms with Crippen LogP contribution < -0.4 is 14.9 Å². The molecule has 0 spiro atoms. The van der Waals surface area contributed by atoms with Crippen molar-refractivity contribution in [1.82, 2.24) is 5.43 Å². The number of hydrogen-bond acceptors (Lipinski definition) is 4. The lowest BCUT2D eigenvalue weighted by atomic mass is 10.1. The number of nitrogens with one attached hydrogen (secondary N) is 1. The molecule has 0 saturated carbocycles. The fourth-order valence-corrected chi connectivity index (χ4v) is 2.16. The van der Waals surface area contributed by atoms with E-state index in [0.717, 1.165) is 22.8 Å². The van der Waals surface area contributed by atoms with Crippen molar-refractivity contribution in [3.63, 3.8) is 0 Å². The standard InChI is InChI=1S/C19H22N2O3/c1-4-24-18-11-7-16(8-12-18)19(22)21-20-14(2)13-15-5-9-17(23-3)10-6-15/h5-12H,4,13H2,1-3H3,(H,21,22)/b20-14-. The molecule has 0 saturated heterocycles. The van der Waals surface area contributed by atoms with E-state index in [1.54, 1.807) is 31.4 Å². The van der Waals surface area contributed by atoms with Gasteiger partial charge in [-0.15, -0.1) is 0 Å². The van der Waals surface area contributed by atoms with Gasteiger partial charge in [0.1, 0.15) is 11.5 Å². The zero-order valence-electron chi connectivity index (χ0n) is 14.2. The van der Waals surface area contributed by atoms with Gasteiger partial charge < -0.3 is 9.47 Å². The fraction of sp³-hybridized carbons (Fsp3) is 0.263. The predicted octanol–water partition coefficient (Wildman–Crippen LogP) is 3.44. The number of amides is 1. The Hall–Kier alpha value is -2.82. The molecule has 0 aliphatic rings. The molecule has 1 amide bonds. The number of carbonyl (C=O) groups is 1. The molecular weight excluding hydrogens is 304 g/mol. The van der Waals surface area contributed by atoms with Crippen LogP contribution >= 0.6 is 0 Å². The number of nitrogens with zero attached hydrogens (tertiary/aromatic N) is 1. The number of benzene rings is 2. The SMILES string of the molecule is CCOc1ccc(C(=O)N/N=C(/C)Cc2ccc(OC)cc2)cc1. The largest absolute Gasteiger partial charge is 0.497 e. The van der Waals surface area contributed by atoms with Crippen LogP contribution in [-0.2, 0) is 6.42 Å². The Morgan fingerprint density at radius 3 is 2.25 bits per heavy atom. The first-order chi connectivity index (χ1) is 11.6. The Morgan fingerprint density at radius 1 is 1.04 bits per heavy atom. The first kappa shape index (κ1) is 17.5. The van der Waals surface area contributed by atoms with Crippen LogP contribution in [0.15, 0.2) is 53.6 Å². The Kier molecular flexibility index (Phi) is 6.37. The Bertz CT molecular complexity index is 692. The summed E-state index contributed by atoms with van der Waals surface area (Å²) >= 11 is 0. The van der Waals surface area contributed by atoms with Crippen LogP contribution in [0.3, 0.4) is 0 Å². The van der Waals surface area contributed by atoms with Crippen LogP contribution in [0.1, 0.15) is 29.8 Å². The second kappa shape index (κ2) is 8.72. The van der Waals surface area contributed by atoms with Crippen molar-refractivity contribution in [3.05, 3.63) is 59.7 Å². The van der Waals surface area contributed by atoms with Crippen molar-refractivity contribution < 1.29 is 14.3 Å². The molecule has 0 bridgehead atoms. The van der Waals surface area contributed by atoms with Crippen LogP contribution in [-0.4, -0.2) is 25.3 Å². The molecule has 24 heavy (non-hydrogen) atoms. The van der Waals surface area contributed by atoms with Gasteiger partial charge in [0.25, 0.3) is 5.91 Å². The summed E-state index contributed by atoms with van der Waals surface area (Å²) in [7, 11) is 1.64. The third kappa shape index (κ3) is 5.12. The highest BCUT2D eigenvalue weighted by molar-refractivity contribution is 5.95. The number of methoxy groups -OCH3 is 1. The summed E-state index contributed by atoms with van der Waals surface area (Å²) in [5.74, 6) is 1.32. The van der Waals surface area contributed by atoms with Crippen LogP contribution in [0.5, 0.6) is 11.5 Å². The molecule has 0 aromatic heterocycles. The maximum atomic E-state index is 12.1. The quantitative estimate of drug-likeness (QED) is 0.626. The average Bonchev–Trinajstić information content (AvgIpc) is 2.61. The Morgan fingerprint density at radius 2 is 1.67 bits per heavy atom. The van der Waals surface area contributed by atoms with E-state index < -0.39 is 0 Å². The Labute approximate surface area is 142 Å². The lowest BCUT2D eigenvalue weighted by molar-refractivity contribution is 0.0954. The van der Waals surface area contributed by atoms with Crippen molar-refractivity contribution in [1.29, 1.82) is 0 Å². The van der Waals surface area contributed by atoms with Crippen molar-refractivity contribution in [2.75, 3.05) is 13.7 Å². The summed E-state index contributed by atoms with van der Waals surface area (Å²) in [6.45, 7) is 4.39. The minimum Gasteiger partial charge on any atom is -0.497 e. The van der Waals surface area contributed by atoms with Crippen LogP contribution in [0.2, 0.25) is 0 Å². The summed E-state index contributed by atoms with van der Waals surface area (Å²) in [5, 5.41) is 4.15. The highest BCUT2D eigenvalue weighted by atomic mass is 16.5. The highest BCUT2D eigenvalue weighted by Gasteiger charge is 2.05. The molecule has 2 rings (SSSR count). The van der Waals surface area contributed by atoms with E-state index in [2.05, 4.69) is 10.5 Å². The van der Waals surface area contributed by atoms with E-state index >= 15 is 0 Å². The maximum absolute atomic E-state index is 12.1. The minimum atomic E-state index is -0.243. The van der Waals surface area contributed by atoms with Gasteiger partial charge in [-0.25, -0.2) is 5.43 Å². The monoisotopic (exact) mass is 326 g/mol. The van der Waals surface area contributed by atoms with Gasteiger partial charge in [-0.3, -0.25) is 4.79 Å². The van der Waals surface area contributed by atoms with E-state index in [-0.39, 0.29) is 5.91 Å². The van der Waals surface area contributed by atoms with Crippen molar-refractivity contribution >= 4 is 11.6 Å². The number of ether oxygens (including phenoxy) is 2. The number of hydrazone groups is 1. The zero-order chi connectivity index (χ0) is 17.4. The molecular formula is C19H22N2O3. The fourth-order valence-electron chi connectivity index (χ4n) is 2.16. The van der Waals surface area contributed by atoms with Crippen molar-refractivity contribution in [2.45, 2.75) is 20.3 Å². The second-order valence-electron chi connectivity index (χ2n) is 5.27. The first-order valence-electron chi connectivity index (χ1n) is 7.81. The molecule has 5 heteroatoms. The van der Waals surface area contributed by atoms with E-state index in [9.17, 15) is 4.79 Å². The zero-order valence-corrected chi connectivity index (χ0v) is 14.2. The van der Waals surface area contributed by atoms with E-state index in [0.29, 0.717) is 18.6 Å². The molecule has 0 fully saturated rings. The number of hydrogen-bond donors (Lipinski definition) is 1. The van der Waals surface area contributed by atoms with Gasteiger partial charge in [0.05, 0.1) is 13.7 Å². The van der Waals surface area contributed by atoms with Gasteiger partial charge in [0, 0.05) is 17.7 Å². The van der Waals surface area contributed by atoms with Gasteiger partial charge in [-0.1, -0.05) is 12.1 Å². The molecule has 2 aromatic carbocycles. The molecule has 0 radical (unpaired) electrons. The van der Waals surface area contributed by atoms with Crippen LogP contribution in [0, 0.1) is 0 Å². The highest BCUT2D eigenvalue weighted by Crippen LogP contribution is 2.13. The second-order valence-corrected chi connectivity index (χ2v) is 5.27. The van der Waals surface area contributed by atoms with Crippen molar-refractivity contribution in [3.8, 4) is 11.5 Å². The summed E-state index contributed by atoms with van der Waals surface area (Å²) in [6.07, 6.45) is 0.660. The van der Waals surface area contributed by atoms with Crippen LogP contribution in [0.4, 0.5) is 0 Å². The molecule has 5 nitrogen and oxygen atoms in total. The molecule has 1 N–H and O–H groups in total. The summed E-state index contributed by atoms with van der Waals surface area (Å²) in [6, 6.07) is 14.7. The third-order valence-corrected chi connectivity index (χ3v) is 3.39. The molecule has 2 aromatic rings. The number of rotatable bonds is 7. The summed E-state index contributed by atoms with van der Waals surface area (Å²) < 4.78 is 10.5. The van der Waals surface area contributed by atoms with Crippen molar-refractivity contribution in [2.24, 2.45) is 5.10 Å². The third-order valence-electron chi connectivity index (χ3n) is 3.39. The predicted molar refractivity (Wildman–Crippen MR) is 94.9 cm³/mol. The van der Waals surface area contributed by atoms with Gasteiger partial charge in [0.2, 0.25) is 0 Å². The summed E-state index contributed by atoms with van der Waals surface area (Å²) in [4.78, 5) is 12.1. The average molecular weight is 326 g/mol. The number of carbonyl (C=O) groups excluding carboxylic acids is 1. The molecule has 0 aliphatic carbocycles.